The number of rotatable bonds is 3. The van der Waals surface area contributed by atoms with E-state index in [-0.39, 0.29) is 11.3 Å². The number of hydrogen-bond donors (Lipinski definition) is 2. The molecule has 3 rings (SSSR count). The van der Waals surface area contributed by atoms with Crippen molar-refractivity contribution in [2.75, 3.05) is 0 Å². The standard InChI is InChI=1S/C13H9BrN2O3S/c14-8-4-5-20-10(8)6-16-11-7(12(17)18)2-1-3-9(11)15-13(16)19/h1-5H,6H2,(H,15,19)(H,17,18). The average Bonchev–Trinajstić information content (AvgIpc) is 2.94. The molecule has 0 radical (unpaired) electrons. The van der Waals surface area contributed by atoms with Crippen molar-refractivity contribution >= 4 is 44.3 Å². The van der Waals surface area contributed by atoms with Gasteiger partial charge < -0.3 is 10.1 Å². The molecule has 2 aromatic heterocycles. The molecule has 0 spiro atoms. The number of H-pyrrole nitrogens is 1. The summed E-state index contributed by atoms with van der Waals surface area (Å²) in [6, 6.07) is 6.71. The van der Waals surface area contributed by atoms with Crippen molar-refractivity contribution < 1.29 is 9.90 Å². The Morgan fingerprint density at radius 3 is 2.85 bits per heavy atom. The number of carbonyl (C=O) groups is 1. The molecule has 0 amide bonds. The number of halogens is 1. The van der Waals surface area contributed by atoms with Crippen molar-refractivity contribution in [3.8, 4) is 0 Å². The van der Waals surface area contributed by atoms with Crippen molar-refractivity contribution in [1.82, 2.24) is 9.55 Å². The predicted octanol–water partition coefficient (Wildman–Crippen LogP) is 2.90. The lowest BCUT2D eigenvalue weighted by Crippen LogP contribution is -2.18. The number of para-hydroxylation sites is 1. The van der Waals surface area contributed by atoms with Gasteiger partial charge in [-0.25, -0.2) is 9.59 Å². The van der Waals surface area contributed by atoms with Crippen LogP contribution in [0.3, 0.4) is 0 Å². The monoisotopic (exact) mass is 352 g/mol. The van der Waals surface area contributed by atoms with Crippen LogP contribution in [0.25, 0.3) is 11.0 Å². The normalized spacial score (nSPS) is 11.1. The van der Waals surface area contributed by atoms with E-state index in [1.807, 2.05) is 11.4 Å². The first-order valence-electron chi connectivity index (χ1n) is 5.74. The third kappa shape index (κ3) is 2.08. The van der Waals surface area contributed by atoms with E-state index in [1.165, 1.54) is 22.0 Å². The van der Waals surface area contributed by atoms with Crippen molar-refractivity contribution in [2.45, 2.75) is 6.54 Å². The van der Waals surface area contributed by atoms with E-state index < -0.39 is 5.97 Å². The molecule has 0 saturated carbocycles. The second-order valence-electron chi connectivity index (χ2n) is 4.21. The van der Waals surface area contributed by atoms with Crippen LogP contribution in [0.1, 0.15) is 15.2 Å². The first kappa shape index (κ1) is 13.1. The SMILES string of the molecule is O=C(O)c1cccc2[nH]c(=O)n(Cc3sccc3Br)c12. The Bertz CT molecular complexity index is 862. The zero-order chi connectivity index (χ0) is 14.3. The summed E-state index contributed by atoms with van der Waals surface area (Å²) in [4.78, 5) is 27.0. The molecule has 102 valence electrons. The molecule has 0 aliphatic heterocycles. The highest BCUT2D eigenvalue weighted by atomic mass is 79.9. The molecule has 2 heterocycles. The number of carboxylic acids is 1. The minimum atomic E-state index is -1.05. The summed E-state index contributed by atoms with van der Waals surface area (Å²) in [5.41, 5.74) is 0.760. The summed E-state index contributed by atoms with van der Waals surface area (Å²) >= 11 is 4.93. The number of nitrogens with one attached hydrogen (secondary N) is 1. The fourth-order valence-electron chi connectivity index (χ4n) is 2.12. The summed E-state index contributed by atoms with van der Waals surface area (Å²) < 4.78 is 2.37. The van der Waals surface area contributed by atoms with Crippen LogP contribution in [0.4, 0.5) is 0 Å². The zero-order valence-electron chi connectivity index (χ0n) is 10.1. The molecular weight excluding hydrogens is 344 g/mol. The molecule has 0 aliphatic carbocycles. The number of aromatic carboxylic acids is 1. The van der Waals surface area contributed by atoms with E-state index in [9.17, 15) is 14.7 Å². The quantitative estimate of drug-likeness (QED) is 0.760. The van der Waals surface area contributed by atoms with Gasteiger partial charge in [-0.2, -0.15) is 0 Å². The lowest BCUT2D eigenvalue weighted by atomic mass is 10.2. The lowest BCUT2D eigenvalue weighted by Gasteiger charge is -2.04. The van der Waals surface area contributed by atoms with E-state index >= 15 is 0 Å². The van der Waals surface area contributed by atoms with Crippen LogP contribution in [0.2, 0.25) is 0 Å². The van der Waals surface area contributed by atoms with Crippen LogP contribution < -0.4 is 5.69 Å². The first-order chi connectivity index (χ1) is 9.58. The number of benzene rings is 1. The Morgan fingerprint density at radius 2 is 2.20 bits per heavy atom. The number of aromatic nitrogens is 2. The van der Waals surface area contributed by atoms with Gasteiger partial charge in [0.05, 0.1) is 23.1 Å². The van der Waals surface area contributed by atoms with E-state index in [2.05, 4.69) is 20.9 Å². The van der Waals surface area contributed by atoms with Gasteiger partial charge in [-0.15, -0.1) is 11.3 Å². The van der Waals surface area contributed by atoms with Gasteiger partial charge in [0.2, 0.25) is 0 Å². The molecule has 7 heteroatoms. The number of hydrogen-bond acceptors (Lipinski definition) is 3. The Kier molecular flexibility index (Phi) is 3.23. The zero-order valence-corrected chi connectivity index (χ0v) is 12.5. The smallest absolute Gasteiger partial charge is 0.337 e. The molecule has 20 heavy (non-hydrogen) atoms. The van der Waals surface area contributed by atoms with Crippen LogP contribution in [0.5, 0.6) is 0 Å². The third-order valence-corrected chi connectivity index (χ3v) is 4.93. The van der Waals surface area contributed by atoms with E-state index in [4.69, 9.17) is 0 Å². The van der Waals surface area contributed by atoms with Gasteiger partial charge in [0.25, 0.3) is 0 Å². The van der Waals surface area contributed by atoms with Gasteiger partial charge in [-0.1, -0.05) is 6.07 Å². The summed E-state index contributed by atoms with van der Waals surface area (Å²) in [6.45, 7) is 0.335. The van der Waals surface area contributed by atoms with Gasteiger partial charge in [-0.3, -0.25) is 4.57 Å². The highest BCUT2D eigenvalue weighted by Gasteiger charge is 2.16. The number of nitrogens with zero attached hydrogens (tertiary/aromatic N) is 1. The molecule has 0 unspecified atom stereocenters. The van der Waals surface area contributed by atoms with Crippen molar-refractivity contribution in [1.29, 1.82) is 0 Å². The summed E-state index contributed by atoms with van der Waals surface area (Å²) in [6.07, 6.45) is 0. The molecular formula is C13H9BrN2O3S. The Morgan fingerprint density at radius 1 is 1.40 bits per heavy atom. The minimum Gasteiger partial charge on any atom is -0.478 e. The van der Waals surface area contributed by atoms with E-state index in [1.54, 1.807) is 12.1 Å². The van der Waals surface area contributed by atoms with Gasteiger partial charge in [0, 0.05) is 9.35 Å². The predicted molar refractivity (Wildman–Crippen MR) is 80.6 cm³/mol. The number of imidazole rings is 1. The van der Waals surface area contributed by atoms with E-state index in [0.717, 1.165) is 9.35 Å². The molecule has 0 atom stereocenters. The largest absolute Gasteiger partial charge is 0.478 e. The van der Waals surface area contributed by atoms with Gasteiger partial charge in [0.1, 0.15) is 0 Å². The lowest BCUT2D eigenvalue weighted by molar-refractivity contribution is 0.0698. The average molecular weight is 353 g/mol. The third-order valence-electron chi connectivity index (χ3n) is 3.02. The summed E-state index contributed by atoms with van der Waals surface area (Å²) in [5.74, 6) is -1.05. The maximum Gasteiger partial charge on any atom is 0.337 e. The molecule has 2 N–H and O–H groups in total. The summed E-state index contributed by atoms with van der Waals surface area (Å²) in [5, 5.41) is 11.2. The maximum atomic E-state index is 12.1. The molecule has 0 fully saturated rings. The molecule has 3 aromatic rings. The topological polar surface area (TPSA) is 75.1 Å². The van der Waals surface area contributed by atoms with Crippen LogP contribution in [0, 0.1) is 0 Å². The van der Waals surface area contributed by atoms with Crippen molar-refractivity contribution in [2.24, 2.45) is 0 Å². The molecule has 0 saturated heterocycles. The van der Waals surface area contributed by atoms with Gasteiger partial charge in [-0.05, 0) is 39.5 Å². The minimum absolute atomic E-state index is 0.119. The maximum absolute atomic E-state index is 12.1. The second-order valence-corrected chi connectivity index (χ2v) is 6.07. The Labute approximate surface area is 125 Å². The van der Waals surface area contributed by atoms with Crippen molar-refractivity contribution in [3.63, 3.8) is 0 Å². The van der Waals surface area contributed by atoms with Crippen LogP contribution in [-0.2, 0) is 6.54 Å². The number of thiophene rings is 1. The number of carboxylic acid groups (broad SMARTS) is 1. The number of fused-ring (bicyclic) bond motifs is 1. The molecule has 1 aromatic carbocycles. The van der Waals surface area contributed by atoms with Crippen molar-refractivity contribution in [3.05, 3.63) is 55.0 Å². The highest BCUT2D eigenvalue weighted by molar-refractivity contribution is 9.10. The second kappa shape index (κ2) is 4.92. The van der Waals surface area contributed by atoms with Crippen LogP contribution in [0.15, 0.2) is 38.9 Å². The van der Waals surface area contributed by atoms with Crippen LogP contribution in [-0.4, -0.2) is 20.6 Å². The molecule has 5 nitrogen and oxygen atoms in total. The first-order valence-corrected chi connectivity index (χ1v) is 7.42. The fraction of sp³-hybridized carbons (Fsp3) is 0.0769. The Hall–Kier alpha value is -1.86. The Balaban J connectivity index is 2.24. The fourth-order valence-corrected chi connectivity index (χ4v) is 3.59. The van der Waals surface area contributed by atoms with E-state index in [0.29, 0.717) is 17.6 Å². The van der Waals surface area contributed by atoms with Gasteiger partial charge in [0.15, 0.2) is 0 Å². The highest BCUT2D eigenvalue weighted by Crippen LogP contribution is 2.25. The molecule has 0 aliphatic rings. The number of aromatic amines is 1. The molecule has 0 bridgehead atoms. The summed E-state index contributed by atoms with van der Waals surface area (Å²) in [7, 11) is 0. The van der Waals surface area contributed by atoms with Crippen LogP contribution >= 0.6 is 27.3 Å². The van der Waals surface area contributed by atoms with Gasteiger partial charge >= 0.3 is 11.7 Å².